The number of nitrogen functional groups attached to an aromatic ring is 2. The van der Waals surface area contributed by atoms with Crippen LogP contribution in [0, 0.1) is 0 Å². The number of aromatic amines is 2. The third kappa shape index (κ3) is 14.2. The van der Waals surface area contributed by atoms with Crippen LogP contribution in [0.15, 0.2) is 70.5 Å². The third-order valence-corrected chi connectivity index (χ3v) is 8.71. The maximum atomic E-state index is 12.3. The minimum Gasteiger partial charge on any atom is -0.481 e. The zero-order chi connectivity index (χ0) is 46.5. The van der Waals surface area contributed by atoms with Gasteiger partial charge in [-0.05, 0) is 61.4 Å². The van der Waals surface area contributed by atoms with Gasteiger partial charge in [-0.25, -0.2) is 29.5 Å². The number of carbonyl (C=O) groups is 6. The van der Waals surface area contributed by atoms with Gasteiger partial charge in [-0.1, -0.05) is 0 Å². The number of H-pyrrole nitrogens is 2. The van der Waals surface area contributed by atoms with Crippen LogP contribution in [0.25, 0.3) is 22.3 Å². The molecular weight excluding hydrogens is 900 g/mol. The molecule has 2 aromatic carbocycles. The van der Waals surface area contributed by atoms with Crippen molar-refractivity contribution in [1.82, 2.24) is 50.5 Å². The number of carboxylic acid groups (broad SMARTS) is 4. The number of carbonyl (C=O) groups excluding carboxylic acids is 2. The van der Waals surface area contributed by atoms with Gasteiger partial charge in [0.2, 0.25) is 11.9 Å². The topological polar surface area (TPSA) is 427 Å². The van der Waals surface area contributed by atoms with Crippen LogP contribution in [0.3, 0.4) is 0 Å². The quantitative estimate of drug-likeness (QED) is 0.0501. The zero-order valence-corrected chi connectivity index (χ0v) is 34.5. The molecule has 2 amide bonds. The van der Waals surface area contributed by atoms with Crippen LogP contribution in [0.4, 0.5) is 23.3 Å². The Labute approximate surface area is 374 Å². The number of rotatable bonds is 18. The van der Waals surface area contributed by atoms with Crippen molar-refractivity contribution >= 4 is 81.3 Å². The van der Waals surface area contributed by atoms with E-state index in [4.69, 9.17) is 31.9 Å². The van der Waals surface area contributed by atoms with Gasteiger partial charge in [0.05, 0.1) is 36.9 Å². The van der Waals surface area contributed by atoms with Crippen molar-refractivity contribution in [3.8, 4) is 0 Å². The van der Waals surface area contributed by atoms with Crippen LogP contribution in [-0.2, 0) is 49.3 Å². The van der Waals surface area contributed by atoms with E-state index in [1.165, 1.54) is 36.7 Å². The largest absolute Gasteiger partial charge is 0.481 e. The molecule has 0 saturated carbocycles. The van der Waals surface area contributed by atoms with E-state index in [0.717, 1.165) is 0 Å². The molecule has 4 aromatic heterocycles. The third-order valence-electron chi connectivity index (χ3n) is 8.71. The number of aliphatic carboxylic acids is 4. The Morgan fingerprint density at radius 1 is 0.569 bits per heavy atom. The van der Waals surface area contributed by atoms with Crippen LogP contribution in [0.2, 0.25) is 0 Å². The number of hydrogen-bond acceptors (Lipinski definition) is 18. The molecule has 26 nitrogen and oxygen atoms in total. The van der Waals surface area contributed by atoms with E-state index in [9.17, 15) is 38.4 Å². The van der Waals surface area contributed by atoms with Crippen molar-refractivity contribution < 1.29 is 66.3 Å². The van der Waals surface area contributed by atoms with Crippen LogP contribution in [0.5, 0.6) is 0 Å². The minimum atomic E-state index is -1.31. The number of fused-ring (bicyclic) bond motifs is 2. The molecule has 6 aromatic rings. The Morgan fingerprint density at radius 2 is 0.923 bits per heavy atom. The molecule has 14 N–H and O–H groups in total. The van der Waals surface area contributed by atoms with Gasteiger partial charge in [0.15, 0.2) is 22.3 Å². The molecule has 0 spiro atoms. The Balaban J connectivity index is 0.000000280. The van der Waals surface area contributed by atoms with Gasteiger partial charge in [-0.3, -0.25) is 38.7 Å². The monoisotopic (exact) mass is 938 g/mol. The number of anilines is 4. The molecule has 2 atom stereocenters. The molecule has 0 radical (unpaired) electrons. The molecule has 0 aliphatic rings. The van der Waals surface area contributed by atoms with Crippen molar-refractivity contribution in [2.45, 2.75) is 50.9 Å². The van der Waals surface area contributed by atoms with Gasteiger partial charge in [-0.15, -0.1) is 0 Å². The van der Waals surface area contributed by atoms with Gasteiger partial charge in [0.25, 0.3) is 22.9 Å². The predicted octanol–water partition coefficient (Wildman–Crippen LogP) is -0.0921. The summed E-state index contributed by atoms with van der Waals surface area (Å²) in [6.45, 7) is 0.461. The SMILES string of the molecule is Nc1nc2ncc(CNc3ccc(C(=O)N[C@@H](CCC(=O)O)C(=O)O)cc3)nc2c(=O)[nH]1.Nc1nc2ncc(CNc3ccc(C(=O)N[C@@H](CCC(=O)O)C(=O)O)cc3)nc2c(=O)[nH]1.[Fe]. The number of hydrogen-bond donors (Lipinski definition) is 12. The number of nitrogens with zero attached hydrogens (tertiary/aromatic N) is 6. The summed E-state index contributed by atoms with van der Waals surface area (Å²) in [5.41, 5.74) is 12.9. The summed E-state index contributed by atoms with van der Waals surface area (Å²) in [6.07, 6.45) is 1.68. The summed E-state index contributed by atoms with van der Waals surface area (Å²) in [4.78, 5) is 121. The van der Waals surface area contributed by atoms with Gasteiger partial charge in [-0.2, -0.15) is 9.97 Å². The second kappa shape index (κ2) is 22.5. The predicted molar refractivity (Wildman–Crippen MR) is 224 cm³/mol. The second-order valence-electron chi connectivity index (χ2n) is 13.4. The fourth-order valence-electron chi connectivity index (χ4n) is 5.51. The van der Waals surface area contributed by atoms with Crippen LogP contribution in [-0.4, -0.2) is 108 Å². The Kier molecular flexibility index (Phi) is 17.0. The Hall–Kier alpha value is -8.58. The molecule has 0 aliphatic heterocycles. The summed E-state index contributed by atoms with van der Waals surface area (Å²) in [6, 6.07) is 9.73. The van der Waals surface area contributed by atoms with Gasteiger partial charge in [0.1, 0.15) is 12.1 Å². The number of nitrogens with one attached hydrogen (secondary N) is 6. The molecule has 65 heavy (non-hydrogen) atoms. The number of benzene rings is 2. The van der Waals surface area contributed by atoms with E-state index in [2.05, 4.69) is 61.1 Å². The maximum Gasteiger partial charge on any atom is 0.326 e. The van der Waals surface area contributed by atoms with Crippen molar-refractivity contribution in [3.63, 3.8) is 0 Å². The molecule has 27 heteroatoms. The molecule has 0 fully saturated rings. The van der Waals surface area contributed by atoms with Crippen LogP contribution < -0.4 is 43.9 Å². The van der Waals surface area contributed by atoms with Crippen molar-refractivity contribution in [2.24, 2.45) is 0 Å². The Morgan fingerprint density at radius 3 is 1.25 bits per heavy atom. The fourth-order valence-corrected chi connectivity index (χ4v) is 5.51. The molecule has 340 valence electrons. The van der Waals surface area contributed by atoms with E-state index in [1.807, 2.05) is 0 Å². The fraction of sp³-hybridized carbons (Fsp3) is 0.211. The number of aromatic nitrogens is 8. The summed E-state index contributed by atoms with van der Waals surface area (Å²) in [5, 5.41) is 46.4. The zero-order valence-electron chi connectivity index (χ0n) is 33.4. The molecule has 0 saturated heterocycles. The summed E-state index contributed by atoms with van der Waals surface area (Å²) in [7, 11) is 0. The summed E-state index contributed by atoms with van der Waals surface area (Å²) in [5.74, 6) is -6.31. The van der Waals surface area contributed by atoms with Crippen molar-refractivity contribution in [2.75, 3.05) is 22.1 Å². The number of nitrogens with two attached hydrogens (primary N) is 2. The first-order valence-electron chi connectivity index (χ1n) is 18.7. The van der Waals surface area contributed by atoms with E-state index >= 15 is 0 Å². The van der Waals surface area contributed by atoms with E-state index < -0.39 is 58.9 Å². The van der Waals surface area contributed by atoms with Crippen LogP contribution in [0.1, 0.15) is 57.8 Å². The van der Waals surface area contributed by atoms with Crippen molar-refractivity contribution in [1.29, 1.82) is 0 Å². The average molecular weight is 939 g/mol. The standard InChI is InChI=1S/2C19H19N7O6.Fe/c2*20-19-25-15-14(17(30)26-19)23-11(8-22-15)7-21-10-3-1-9(2-4-10)16(29)24-12(18(31)32)5-6-13(27)28;/h2*1-4,8,12,21H,5-7H2,(H,24,29)(H,27,28)(H,31,32)(H3,20,22,25,26,30);/t2*12-;/m00./s1. The molecular formula is C38H38FeN14O12. The first-order valence-corrected chi connectivity index (χ1v) is 18.7. The van der Waals surface area contributed by atoms with Crippen molar-refractivity contribution in [3.05, 3.63) is 104 Å². The first-order chi connectivity index (χ1) is 30.4. The second-order valence-corrected chi connectivity index (χ2v) is 13.4. The van der Waals surface area contributed by atoms with Gasteiger partial charge < -0.3 is 53.2 Å². The summed E-state index contributed by atoms with van der Waals surface area (Å²) >= 11 is 0. The normalized spacial score (nSPS) is 11.4. The minimum absolute atomic E-state index is 0. The molecule has 6 rings (SSSR count). The van der Waals surface area contributed by atoms with E-state index in [0.29, 0.717) is 22.8 Å². The first kappa shape index (κ1) is 49.1. The number of carboxylic acids is 4. The average Bonchev–Trinajstić information content (AvgIpc) is 3.25. The van der Waals surface area contributed by atoms with Gasteiger partial charge >= 0.3 is 23.9 Å². The Bertz CT molecular complexity index is 2650. The molecule has 0 bridgehead atoms. The molecule has 0 aliphatic carbocycles. The smallest absolute Gasteiger partial charge is 0.326 e. The van der Waals surface area contributed by atoms with E-state index in [-0.39, 0.29) is 101 Å². The maximum absolute atomic E-state index is 12.3. The molecule has 0 unspecified atom stereocenters. The van der Waals surface area contributed by atoms with E-state index in [1.54, 1.807) is 24.3 Å². The number of amides is 2. The summed E-state index contributed by atoms with van der Waals surface area (Å²) < 4.78 is 0. The molecule has 4 heterocycles. The van der Waals surface area contributed by atoms with Crippen LogP contribution >= 0.6 is 0 Å². The van der Waals surface area contributed by atoms with Gasteiger partial charge in [0, 0.05) is 52.4 Å².